The number of aliphatic carboxylic acids is 1. The van der Waals surface area contributed by atoms with E-state index in [1.807, 2.05) is 24.3 Å². The third kappa shape index (κ3) is 3.13. The van der Waals surface area contributed by atoms with Crippen LogP contribution in [0.2, 0.25) is 0 Å². The van der Waals surface area contributed by atoms with Crippen LogP contribution in [0.15, 0.2) is 24.3 Å². The third-order valence-electron chi connectivity index (χ3n) is 5.16. The first kappa shape index (κ1) is 16.5. The van der Waals surface area contributed by atoms with Crippen LogP contribution in [0.3, 0.4) is 0 Å². The van der Waals surface area contributed by atoms with E-state index in [0.29, 0.717) is 25.8 Å². The maximum absolute atomic E-state index is 12.4. The van der Waals surface area contributed by atoms with Gasteiger partial charge < -0.3 is 15.3 Å². The molecule has 6 heteroatoms. The number of carboxylic acids is 1. The highest BCUT2D eigenvalue weighted by Crippen LogP contribution is 2.31. The second-order valence-electron chi connectivity index (χ2n) is 7.02. The molecule has 2 N–H and O–H groups in total. The van der Waals surface area contributed by atoms with Gasteiger partial charge in [0.05, 0.1) is 5.41 Å². The molecule has 1 saturated heterocycles. The van der Waals surface area contributed by atoms with E-state index in [2.05, 4.69) is 5.32 Å². The molecule has 0 aromatic heterocycles. The van der Waals surface area contributed by atoms with Crippen molar-refractivity contribution in [2.45, 2.75) is 32.6 Å². The number of fused-ring (bicyclic) bond motifs is 1. The van der Waals surface area contributed by atoms with Crippen LogP contribution in [0.4, 0.5) is 5.69 Å². The molecule has 0 spiro atoms. The molecule has 1 aromatic rings. The molecule has 0 aliphatic carbocycles. The number of likely N-dealkylation sites (tertiary alicyclic amines) is 1. The number of amides is 2. The zero-order chi connectivity index (χ0) is 17.3. The quantitative estimate of drug-likeness (QED) is 0.883. The van der Waals surface area contributed by atoms with Crippen molar-refractivity contribution in [2.24, 2.45) is 11.3 Å². The van der Waals surface area contributed by atoms with Crippen molar-refractivity contribution in [2.75, 3.05) is 18.4 Å². The van der Waals surface area contributed by atoms with Crippen molar-refractivity contribution in [3.8, 4) is 0 Å². The maximum atomic E-state index is 12.4. The van der Waals surface area contributed by atoms with Gasteiger partial charge in [-0.2, -0.15) is 0 Å². The van der Waals surface area contributed by atoms with Gasteiger partial charge in [-0.15, -0.1) is 0 Å². The summed E-state index contributed by atoms with van der Waals surface area (Å²) in [4.78, 5) is 37.4. The number of carbonyl (C=O) groups is 3. The van der Waals surface area contributed by atoms with Crippen LogP contribution in [0, 0.1) is 11.3 Å². The first-order valence-corrected chi connectivity index (χ1v) is 8.29. The molecule has 2 amide bonds. The average molecular weight is 330 g/mol. The van der Waals surface area contributed by atoms with Crippen LogP contribution in [0.1, 0.15) is 31.7 Å². The van der Waals surface area contributed by atoms with Crippen LogP contribution in [0.5, 0.6) is 0 Å². The van der Waals surface area contributed by atoms with E-state index in [-0.39, 0.29) is 30.7 Å². The van der Waals surface area contributed by atoms with E-state index in [9.17, 15) is 19.5 Å². The fourth-order valence-electron chi connectivity index (χ4n) is 3.45. The monoisotopic (exact) mass is 330 g/mol. The molecule has 1 aromatic carbocycles. The second kappa shape index (κ2) is 6.26. The van der Waals surface area contributed by atoms with Crippen molar-refractivity contribution in [3.05, 3.63) is 29.8 Å². The molecular formula is C18H22N2O4. The normalized spacial score (nSPS) is 26.0. The molecule has 2 heterocycles. The highest BCUT2D eigenvalue weighted by atomic mass is 16.4. The predicted octanol–water partition coefficient (Wildman–Crippen LogP) is 1.90. The van der Waals surface area contributed by atoms with Gasteiger partial charge in [-0.05, 0) is 37.8 Å². The van der Waals surface area contributed by atoms with Gasteiger partial charge in [0.15, 0.2) is 0 Å². The lowest BCUT2D eigenvalue weighted by Crippen LogP contribution is -2.36. The Kier molecular flexibility index (Phi) is 4.30. The van der Waals surface area contributed by atoms with Crippen molar-refractivity contribution >= 4 is 23.5 Å². The molecule has 2 aliphatic rings. The first-order valence-electron chi connectivity index (χ1n) is 8.29. The van der Waals surface area contributed by atoms with Gasteiger partial charge in [0.2, 0.25) is 11.8 Å². The van der Waals surface area contributed by atoms with Gasteiger partial charge in [0, 0.05) is 31.1 Å². The van der Waals surface area contributed by atoms with E-state index in [1.165, 1.54) is 0 Å². The predicted molar refractivity (Wildman–Crippen MR) is 88.4 cm³/mol. The van der Waals surface area contributed by atoms with Crippen molar-refractivity contribution < 1.29 is 19.5 Å². The second-order valence-corrected chi connectivity index (χ2v) is 7.02. The summed E-state index contributed by atoms with van der Waals surface area (Å²) in [5.74, 6) is -1.18. The number of nitrogens with one attached hydrogen (secondary N) is 1. The highest BCUT2D eigenvalue weighted by molar-refractivity contribution is 5.96. The Labute approximate surface area is 140 Å². The topological polar surface area (TPSA) is 86.7 Å². The minimum atomic E-state index is -0.860. The van der Waals surface area contributed by atoms with Gasteiger partial charge in [-0.25, -0.2) is 0 Å². The maximum Gasteiger partial charge on any atom is 0.311 e. The van der Waals surface area contributed by atoms with E-state index in [4.69, 9.17) is 0 Å². The summed E-state index contributed by atoms with van der Waals surface area (Å²) in [6, 6.07) is 7.69. The number of carboxylic acid groups (broad SMARTS) is 1. The number of hydrogen-bond acceptors (Lipinski definition) is 3. The number of carbonyl (C=O) groups excluding carboxylic acids is 2. The lowest BCUT2D eigenvalue weighted by atomic mass is 9.89. The smallest absolute Gasteiger partial charge is 0.311 e. The Morgan fingerprint density at radius 3 is 2.83 bits per heavy atom. The van der Waals surface area contributed by atoms with Gasteiger partial charge in [0.1, 0.15) is 0 Å². The molecule has 0 bridgehead atoms. The molecule has 2 aliphatic heterocycles. The van der Waals surface area contributed by atoms with Crippen LogP contribution in [0.25, 0.3) is 0 Å². The summed E-state index contributed by atoms with van der Waals surface area (Å²) >= 11 is 0. The fourth-order valence-corrected chi connectivity index (χ4v) is 3.45. The Balaban J connectivity index is 1.56. The van der Waals surface area contributed by atoms with Gasteiger partial charge in [-0.1, -0.05) is 18.2 Å². The minimum absolute atomic E-state index is 0.0432. The zero-order valence-electron chi connectivity index (χ0n) is 13.7. The third-order valence-corrected chi connectivity index (χ3v) is 5.16. The van der Waals surface area contributed by atoms with Crippen LogP contribution in [-0.2, 0) is 20.8 Å². The minimum Gasteiger partial charge on any atom is -0.481 e. The van der Waals surface area contributed by atoms with E-state index < -0.39 is 11.4 Å². The Bertz CT molecular complexity index is 687. The van der Waals surface area contributed by atoms with Gasteiger partial charge >= 0.3 is 5.97 Å². The molecule has 0 saturated carbocycles. The highest BCUT2D eigenvalue weighted by Gasteiger charge is 2.42. The van der Waals surface area contributed by atoms with Gasteiger partial charge in [-0.3, -0.25) is 14.4 Å². The number of anilines is 1. The molecular weight excluding hydrogens is 308 g/mol. The summed E-state index contributed by atoms with van der Waals surface area (Å²) < 4.78 is 0. The Hall–Kier alpha value is -2.37. The molecule has 0 unspecified atom stereocenters. The van der Waals surface area contributed by atoms with Crippen LogP contribution >= 0.6 is 0 Å². The molecule has 3 rings (SSSR count). The molecule has 0 radical (unpaired) electrons. The van der Waals surface area contributed by atoms with E-state index in [0.717, 1.165) is 11.3 Å². The Morgan fingerprint density at radius 2 is 2.12 bits per heavy atom. The SMILES string of the molecule is C[C@]1(C(=O)O)CCN(C(=O)CC[C@H]2Cc3ccccc3NC2=O)C1. The number of para-hydroxylation sites is 1. The lowest BCUT2D eigenvalue weighted by molar-refractivity contribution is -0.147. The molecule has 1 fully saturated rings. The largest absolute Gasteiger partial charge is 0.481 e. The van der Waals surface area contributed by atoms with Gasteiger partial charge in [0.25, 0.3) is 0 Å². The van der Waals surface area contributed by atoms with E-state index >= 15 is 0 Å². The number of benzene rings is 1. The number of hydrogen-bond donors (Lipinski definition) is 2. The average Bonchev–Trinajstić information content (AvgIpc) is 2.96. The summed E-state index contributed by atoms with van der Waals surface area (Å²) in [5.41, 5.74) is 1.09. The summed E-state index contributed by atoms with van der Waals surface area (Å²) in [6.45, 7) is 2.40. The fraction of sp³-hybridized carbons (Fsp3) is 0.500. The van der Waals surface area contributed by atoms with E-state index in [1.54, 1.807) is 11.8 Å². The first-order chi connectivity index (χ1) is 11.4. The summed E-state index contributed by atoms with van der Waals surface area (Å²) in [5, 5.41) is 12.1. The molecule has 6 nitrogen and oxygen atoms in total. The van der Waals surface area contributed by atoms with Crippen molar-refractivity contribution in [1.82, 2.24) is 4.90 Å². The molecule has 128 valence electrons. The van der Waals surface area contributed by atoms with Crippen LogP contribution < -0.4 is 5.32 Å². The standard InChI is InChI=1S/C18H22N2O4/c1-18(17(23)24)8-9-20(11-18)15(21)7-6-13-10-12-4-2-3-5-14(12)19-16(13)22/h2-5,13H,6-11H2,1H3,(H,19,22)(H,23,24)/t13-,18-/m0/s1. The summed E-state index contributed by atoms with van der Waals surface area (Å²) in [6.07, 6.45) is 1.88. The number of nitrogens with zero attached hydrogens (tertiary/aromatic N) is 1. The summed E-state index contributed by atoms with van der Waals surface area (Å²) in [7, 11) is 0. The molecule has 24 heavy (non-hydrogen) atoms. The Morgan fingerprint density at radius 1 is 1.38 bits per heavy atom. The molecule has 2 atom stereocenters. The van der Waals surface area contributed by atoms with Crippen molar-refractivity contribution in [1.29, 1.82) is 0 Å². The zero-order valence-corrected chi connectivity index (χ0v) is 13.7. The number of rotatable bonds is 4. The lowest BCUT2D eigenvalue weighted by Gasteiger charge is -2.25. The van der Waals surface area contributed by atoms with Crippen molar-refractivity contribution in [3.63, 3.8) is 0 Å². The van der Waals surface area contributed by atoms with Crippen LogP contribution in [-0.4, -0.2) is 40.9 Å².